The van der Waals surface area contributed by atoms with Gasteiger partial charge in [0.2, 0.25) is 11.8 Å². The van der Waals surface area contributed by atoms with Gasteiger partial charge < -0.3 is 10.2 Å². The third-order valence-electron chi connectivity index (χ3n) is 6.07. The lowest BCUT2D eigenvalue weighted by atomic mass is 10.1. The van der Waals surface area contributed by atoms with Crippen LogP contribution in [0.5, 0.6) is 0 Å². The van der Waals surface area contributed by atoms with Gasteiger partial charge >= 0.3 is 0 Å². The van der Waals surface area contributed by atoms with Crippen molar-refractivity contribution in [2.45, 2.75) is 50.7 Å². The highest BCUT2D eigenvalue weighted by Gasteiger charge is 2.32. The second kappa shape index (κ2) is 12.9. The molecule has 0 unspecified atom stereocenters. The molecule has 0 spiro atoms. The van der Waals surface area contributed by atoms with Crippen LogP contribution in [-0.4, -0.2) is 43.8 Å². The monoisotopic (exact) mass is 585 g/mol. The van der Waals surface area contributed by atoms with Crippen molar-refractivity contribution < 1.29 is 18.0 Å². The number of hydrogen-bond acceptors (Lipinski definition) is 4. The second-order valence-electron chi connectivity index (χ2n) is 8.81. The van der Waals surface area contributed by atoms with Gasteiger partial charge in [0, 0.05) is 17.1 Å². The molecule has 2 atom stereocenters. The minimum absolute atomic E-state index is 0.0553. The fourth-order valence-corrected chi connectivity index (χ4v) is 5.52. The summed E-state index contributed by atoms with van der Waals surface area (Å²) in [5.41, 5.74) is 1.17. The van der Waals surface area contributed by atoms with E-state index < -0.39 is 28.5 Å². The van der Waals surface area contributed by atoms with E-state index in [1.165, 1.54) is 17.0 Å². The minimum atomic E-state index is -4.08. The Bertz CT molecular complexity index is 1300. The van der Waals surface area contributed by atoms with Gasteiger partial charge in [-0.1, -0.05) is 77.5 Å². The van der Waals surface area contributed by atoms with Crippen molar-refractivity contribution in [3.8, 4) is 0 Å². The number of carbonyl (C=O) groups is 2. The molecule has 0 heterocycles. The maximum atomic E-state index is 13.8. The maximum Gasteiger partial charge on any atom is 0.264 e. The zero-order valence-electron chi connectivity index (χ0n) is 21.2. The first-order valence-corrected chi connectivity index (χ1v) is 14.3. The number of anilines is 1. The summed E-state index contributed by atoms with van der Waals surface area (Å²) in [5.74, 6) is -0.784. The first kappa shape index (κ1) is 28.4. The molecule has 0 aliphatic heterocycles. The van der Waals surface area contributed by atoms with E-state index in [0.717, 1.165) is 16.3 Å². The summed E-state index contributed by atoms with van der Waals surface area (Å²) in [6.07, 6.45) is 0.747. The number of sulfonamides is 1. The lowest BCUT2D eigenvalue weighted by molar-refractivity contribution is -0.139. The number of amides is 2. The molecule has 3 aromatic rings. The van der Waals surface area contributed by atoms with Gasteiger partial charge in [-0.05, 0) is 56.2 Å². The SMILES string of the molecule is CC[C@@H](C)NC(=O)[C@H](C)N(Cc1ccccc1)C(=O)CN(c1cccc(Br)c1)S(=O)(=O)c1ccccc1. The summed E-state index contributed by atoms with van der Waals surface area (Å²) in [5, 5.41) is 2.93. The third-order valence-corrected chi connectivity index (χ3v) is 8.35. The van der Waals surface area contributed by atoms with Gasteiger partial charge in [-0.25, -0.2) is 8.42 Å². The highest BCUT2D eigenvalue weighted by molar-refractivity contribution is 9.10. The number of carbonyl (C=O) groups excluding carboxylic acids is 2. The Morgan fingerprint density at radius 1 is 0.919 bits per heavy atom. The molecule has 196 valence electrons. The predicted molar refractivity (Wildman–Crippen MR) is 149 cm³/mol. The second-order valence-corrected chi connectivity index (χ2v) is 11.6. The highest BCUT2D eigenvalue weighted by atomic mass is 79.9. The smallest absolute Gasteiger partial charge is 0.264 e. The lowest BCUT2D eigenvalue weighted by Crippen LogP contribution is -2.52. The number of nitrogens with zero attached hydrogens (tertiary/aromatic N) is 2. The Balaban J connectivity index is 2.00. The summed E-state index contributed by atoms with van der Waals surface area (Å²) in [6, 6.07) is 23.2. The largest absolute Gasteiger partial charge is 0.352 e. The first-order valence-electron chi connectivity index (χ1n) is 12.1. The molecule has 0 aliphatic rings. The molecule has 0 aromatic heterocycles. The molecule has 0 radical (unpaired) electrons. The fraction of sp³-hybridized carbons (Fsp3) is 0.286. The molecule has 2 amide bonds. The molecule has 37 heavy (non-hydrogen) atoms. The number of nitrogens with one attached hydrogen (secondary N) is 1. The van der Waals surface area contributed by atoms with Crippen LogP contribution in [0.25, 0.3) is 0 Å². The van der Waals surface area contributed by atoms with Crippen LogP contribution in [0.4, 0.5) is 5.69 Å². The van der Waals surface area contributed by atoms with Gasteiger partial charge in [0.1, 0.15) is 12.6 Å². The van der Waals surface area contributed by atoms with E-state index in [9.17, 15) is 18.0 Å². The van der Waals surface area contributed by atoms with Crippen molar-refractivity contribution in [3.05, 3.63) is 95.0 Å². The Morgan fingerprint density at radius 3 is 2.14 bits per heavy atom. The van der Waals surface area contributed by atoms with E-state index in [1.54, 1.807) is 49.4 Å². The number of halogens is 1. The zero-order chi connectivity index (χ0) is 27.0. The van der Waals surface area contributed by atoms with Crippen molar-refractivity contribution in [1.82, 2.24) is 10.2 Å². The zero-order valence-corrected chi connectivity index (χ0v) is 23.6. The molecule has 3 aromatic carbocycles. The quantitative estimate of drug-likeness (QED) is 0.344. The average Bonchev–Trinajstić information content (AvgIpc) is 2.90. The van der Waals surface area contributed by atoms with E-state index in [0.29, 0.717) is 10.2 Å². The van der Waals surface area contributed by atoms with Crippen LogP contribution in [0, 0.1) is 0 Å². The topological polar surface area (TPSA) is 86.8 Å². The Hall–Kier alpha value is -3.17. The van der Waals surface area contributed by atoms with Crippen molar-refractivity contribution in [2.24, 2.45) is 0 Å². The van der Waals surface area contributed by atoms with Crippen molar-refractivity contribution in [1.29, 1.82) is 0 Å². The van der Waals surface area contributed by atoms with Crippen LogP contribution in [0.3, 0.4) is 0 Å². The Kier molecular flexibility index (Phi) is 9.88. The third kappa shape index (κ3) is 7.42. The summed E-state index contributed by atoms with van der Waals surface area (Å²) in [7, 11) is -4.08. The van der Waals surface area contributed by atoms with Crippen LogP contribution < -0.4 is 9.62 Å². The highest BCUT2D eigenvalue weighted by Crippen LogP contribution is 2.27. The van der Waals surface area contributed by atoms with Crippen LogP contribution in [0.2, 0.25) is 0 Å². The number of hydrogen-bond donors (Lipinski definition) is 1. The average molecular weight is 587 g/mol. The van der Waals surface area contributed by atoms with E-state index >= 15 is 0 Å². The van der Waals surface area contributed by atoms with E-state index in [2.05, 4.69) is 21.2 Å². The molecule has 3 rings (SSSR count). The van der Waals surface area contributed by atoms with Gasteiger partial charge in [0.25, 0.3) is 10.0 Å². The Labute approximate surface area is 227 Å². The van der Waals surface area contributed by atoms with Crippen molar-refractivity contribution in [2.75, 3.05) is 10.8 Å². The molecule has 0 saturated heterocycles. The molecular weight excluding hydrogens is 554 g/mol. The van der Waals surface area contributed by atoms with Crippen LogP contribution in [0.1, 0.15) is 32.8 Å². The summed E-state index contributed by atoms with van der Waals surface area (Å²) in [4.78, 5) is 28.3. The molecule has 0 fully saturated rings. The van der Waals surface area contributed by atoms with Crippen LogP contribution >= 0.6 is 15.9 Å². The molecular formula is C28H32BrN3O4S. The number of rotatable bonds is 11. The normalized spacial score (nSPS) is 12.9. The molecule has 9 heteroatoms. The molecule has 7 nitrogen and oxygen atoms in total. The first-order chi connectivity index (χ1) is 17.6. The van der Waals surface area contributed by atoms with E-state index in [-0.39, 0.29) is 23.4 Å². The summed E-state index contributed by atoms with van der Waals surface area (Å²) in [6.45, 7) is 5.21. The van der Waals surface area contributed by atoms with Crippen LogP contribution in [-0.2, 0) is 26.2 Å². The van der Waals surface area contributed by atoms with E-state index in [1.807, 2.05) is 44.2 Å². The standard InChI is InChI=1S/C28H32BrN3O4S/c1-4-21(2)30-28(34)22(3)31(19-23-12-7-5-8-13-23)27(33)20-32(25-15-11-14-24(29)18-25)37(35,36)26-16-9-6-10-17-26/h5-18,21-22H,4,19-20H2,1-3H3,(H,30,34)/t21-,22+/m1/s1. The minimum Gasteiger partial charge on any atom is -0.352 e. The van der Waals surface area contributed by atoms with Gasteiger partial charge in [-0.15, -0.1) is 0 Å². The Morgan fingerprint density at radius 2 is 1.54 bits per heavy atom. The lowest BCUT2D eigenvalue weighted by Gasteiger charge is -2.32. The molecule has 0 saturated carbocycles. The summed E-state index contributed by atoms with van der Waals surface area (Å²) < 4.78 is 29.2. The molecule has 1 N–H and O–H groups in total. The van der Waals surface area contributed by atoms with Gasteiger partial charge in [0.15, 0.2) is 0 Å². The number of benzene rings is 3. The molecule has 0 bridgehead atoms. The van der Waals surface area contributed by atoms with Gasteiger partial charge in [0.05, 0.1) is 10.6 Å². The van der Waals surface area contributed by atoms with Gasteiger partial charge in [-0.3, -0.25) is 13.9 Å². The predicted octanol–water partition coefficient (Wildman–Crippen LogP) is 4.98. The molecule has 0 aliphatic carbocycles. The van der Waals surface area contributed by atoms with Crippen molar-refractivity contribution in [3.63, 3.8) is 0 Å². The fourth-order valence-electron chi connectivity index (χ4n) is 3.71. The van der Waals surface area contributed by atoms with Gasteiger partial charge in [-0.2, -0.15) is 0 Å². The van der Waals surface area contributed by atoms with Crippen LogP contribution in [0.15, 0.2) is 94.3 Å². The summed E-state index contributed by atoms with van der Waals surface area (Å²) >= 11 is 3.40. The van der Waals surface area contributed by atoms with E-state index in [4.69, 9.17) is 0 Å². The maximum absolute atomic E-state index is 13.8. The van der Waals surface area contributed by atoms with Crippen molar-refractivity contribution >= 4 is 43.5 Å².